The molecule has 1 aliphatic rings. The quantitative estimate of drug-likeness (QED) is 0.704. The van der Waals surface area contributed by atoms with Crippen molar-refractivity contribution in [2.24, 2.45) is 5.92 Å². The molecule has 3 nitrogen and oxygen atoms in total. The second-order valence-corrected chi connectivity index (χ2v) is 6.84. The molecule has 0 saturated carbocycles. The highest BCUT2D eigenvalue weighted by atomic mass is 16.5. The predicted molar refractivity (Wildman–Crippen MR) is 102 cm³/mol. The number of anilines is 1. The van der Waals surface area contributed by atoms with Gasteiger partial charge in [-0.3, -0.25) is 4.79 Å². The molecule has 25 heavy (non-hydrogen) atoms. The first kappa shape index (κ1) is 17.5. The highest BCUT2D eigenvalue weighted by Gasteiger charge is 2.25. The molecular formula is C22H27NO2. The number of ether oxygens (including phenoxy) is 1. The molecule has 1 heterocycles. The molecule has 1 aliphatic heterocycles. The Kier molecular flexibility index (Phi) is 6.10. The molecule has 2 atom stereocenters. The van der Waals surface area contributed by atoms with Crippen LogP contribution in [0.2, 0.25) is 0 Å². The molecule has 0 spiro atoms. The van der Waals surface area contributed by atoms with E-state index >= 15 is 0 Å². The summed E-state index contributed by atoms with van der Waals surface area (Å²) in [7, 11) is 1.50. The van der Waals surface area contributed by atoms with Crippen LogP contribution < -0.4 is 5.32 Å². The van der Waals surface area contributed by atoms with Gasteiger partial charge in [0.25, 0.3) is 0 Å². The van der Waals surface area contributed by atoms with E-state index in [2.05, 4.69) is 53.8 Å². The summed E-state index contributed by atoms with van der Waals surface area (Å²) in [6.07, 6.45) is 4.84. The molecule has 0 radical (unpaired) electrons. The highest BCUT2D eigenvalue weighted by molar-refractivity contribution is 5.72. The van der Waals surface area contributed by atoms with Gasteiger partial charge in [0.05, 0.1) is 13.0 Å². The van der Waals surface area contributed by atoms with Crippen molar-refractivity contribution >= 4 is 11.7 Å². The van der Waals surface area contributed by atoms with Crippen LogP contribution in [0.15, 0.2) is 54.6 Å². The van der Waals surface area contributed by atoms with E-state index in [9.17, 15) is 4.79 Å². The normalized spacial score (nSPS) is 16.8. The largest absolute Gasteiger partial charge is 0.469 e. The first-order valence-electron chi connectivity index (χ1n) is 9.22. The summed E-state index contributed by atoms with van der Waals surface area (Å²) in [5.74, 6) is 0.436. The number of esters is 1. The summed E-state index contributed by atoms with van der Waals surface area (Å²) in [5.41, 5.74) is 3.96. The fourth-order valence-electron chi connectivity index (χ4n) is 3.76. The Balaban J connectivity index is 1.52. The summed E-state index contributed by atoms with van der Waals surface area (Å²) >= 11 is 0. The van der Waals surface area contributed by atoms with Gasteiger partial charge in [0, 0.05) is 18.2 Å². The van der Waals surface area contributed by atoms with E-state index < -0.39 is 0 Å². The van der Waals surface area contributed by atoms with Gasteiger partial charge in [0.1, 0.15) is 0 Å². The van der Waals surface area contributed by atoms with Gasteiger partial charge in [0.15, 0.2) is 0 Å². The van der Waals surface area contributed by atoms with Crippen molar-refractivity contribution in [2.45, 2.75) is 38.0 Å². The van der Waals surface area contributed by atoms with Gasteiger partial charge in [0.2, 0.25) is 0 Å². The van der Waals surface area contributed by atoms with E-state index in [1.807, 2.05) is 6.07 Å². The van der Waals surface area contributed by atoms with Crippen molar-refractivity contribution in [3.05, 3.63) is 65.7 Å². The van der Waals surface area contributed by atoms with Gasteiger partial charge in [-0.15, -0.1) is 0 Å². The Bertz CT molecular complexity index is 683. The van der Waals surface area contributed by atoms with Gasteiger partial charge >= 0.3 is 5.97 Å². The maximum absolute atomic E-state index is 12.2. The molecule has 132 valence electrons. The maximum atomic E-state index is 12.2. The lowest BCUT2D eigenvalue weighted by molar-refractivity contribution is -0.146. The number of carbonyl (C=O) groups excluding carboxylic acids is 1. The number of hydrogen-bond donors (Lipinski definition) is 1. The van der Waals surface area contributed by atoms with Crippen LogP contribution in [0.1, 0.15) is 42.7 Å². The standard InChI is InChI=1S/C22H27NO2/c1-25-22(24)18(11-7-10-17-8-3-2-4-9-17)14-15-19-16-23-21-13-6-5-12-20(19)21/h2-6,8-9,12-13,18-19,23H,7,10-11,14-16H2,1H3. The van der Waals surface area contributed by atoms with Crippen LogP contribution in [0.4, 0.5) is 5.69 Å². The number of benzene rings is 2. The predicted octanol–water partition coefficient (Wildman–Crippen LogP) is 4.79. The minimum atomic E-state index is -0.0627. The third kappa shape index (κ3) is 4.62. The summed E-state index contributed by atoms with van der Waals surface area (Å²) < 4.78 is 5.05. The number of para-hydroxylation sites is 1. The Morgan fingerprint density at radius 3 is 2.68 bits per heavy atom. The average molecular weight is 337 g/mol. The maximum Gasteiger partial charge on any atom is 0.308 e. The van der Waals surface area contributed by atoms with Gasteiger partial charge < -0.3 is 10.1 Å². The van der Waals surface area contributed by atoms with Crippen LogP contribution in [0.3, 0.4) is 0 Å². The zero-order valence-electron chi connectivity index (χ0n) is 14.9. The second-order valence-electron chi connectivity index (χ2n) is 6.84. The molecule has 3 heteroatoms. The molecule has 0 bridgehead atoms. The van der Waals surface area contributed by atoms with Crippen LogP contribution in [-0.2, 0) is 16.0 Å². The SMILES string of the molecule is COC(=O)C(CCCc1ccccc1)CCC1CNc2ccccc21. The number of fused-ring (bicyclic) bond motifs is 1. The fourth-order valence-corrected chi connectivity index (χ4v) is 3.76. The molecule has 3 rings (SSSR count). The molecule has 2 aromatic rings. The third-order valence-electron chi connectivity index (χ3n) is 5.20. The van der Waals surface area contributed by atoms with Crippen LogP contribution in [-0.4, -0.2) is 19.6 Å². The highest BCUT2D eigenvalue weighted by Crippen LogP contribution is 2.35. The van der Waals surface area contributed by atoms with Crippen molar-refractivity contribution in [3.8, 4) is 0 Å². The summed E-state index contributed by atoms with van der Waals surface area (Å²) in [4.78, 5) is 12.2. The second kappa shape index (κ2) is 8.70. The van der Waals surface area contributed by atoms with Crippen molar-refractivity contribution in [1.82, 2.24) is 0 Å². The van der Waals surface area contributed by atoms with Crippen LogP contribution in [0.5, 0.6) is 0 Å². The molecule has 0 aliphatic carbocycles. The fraction of sp³-hybridized carbons (Fsp3) is 0.409. The summed E-state index contributed by atoms with van der Waals surface area (Å²) in [5, 5.41) is 3.47. The number of aryl methyl sites for hydroxylation is 1. The zero-order chi connectivity index (χ0) is 17.5. The lowest BCUT2D eigenvalue weighted by Crippen LogP contribution is -2.18. The molecule has 0 saturated heterocycles. The molecule has 0 aromatic heterocycles. The summed E-state index contributed by atoms with van der Waals surface area (Å²) in [6.45, 7) is 0.969. The lowest BCUT2D eigenvalue weighted by Gasteiger charge is -2.17. The lowest BCUT2D eigenvalue weighted by atomic mass is 9.89. The number of nitrogens with one attached hydrogen (secondary N) is 1. The van der Waals surface area contributed by atoms with Gasteiger partial charge in [-0.25, -0.2) is 0 Å². The van der Waals surface area contributed by atoms with E-state index in [-0.39, 0.29) is 11.9 Å². The van der Waals surface area contributed by atoms with Gasteiger partial charge in [-0.2, -0.15) is 0 Å². The molecule has 0 amide bonds. The van der Waals surface area contributed by atoms with E-state index in [1.54, 1.807) is 0 Å². The zero-order valence-corrected chi connectivity index (χ0v) is 14.9. The Labute approximate surface area is 150 Å². The van der Waals surface area contributed by atoms with Crippen LogP contribution in [0.25, 0.3) is 0 Å². The molecule has 2 unspecified atom stereocenters. The molecule has 1 N–H and O–H groups in total. The van der Waals surface area contributed by atoms with Gasteiger partial charge in [-0.1, -0.05) is 48.5 Å². The van der Waals surface area contributed by atoms with E-state index in [0.717, 1.165) is 38.6 Å². The Hall–Kier alpha value is -2.29. The molecule has 2 aromatic carbocycles. The number of carbonyl (C=O) groups is 1. The van der Waals surface area contributed by atoms with Crippen molar-refractivity contribution in [2.75, 3.05) is 19.0 Å². The van der Waals surface area contributed by atoms with Crippen molar-refractivity contribution in [3.63, 3.8) is 0 Å². The van der Waals surface area contributed by atoms with Crippen molar-refractivity contribution in [1.29, 1.82) is 0 Å². The van der Waals surface area contributed by atoms with E-state index in [1.165, 1.54) is 23.9 Å². The average Bonchev–Trinajstić information content (AvgIpc) is 3.08. The van der Waals surface area contributed by atoms with Crippen molar-refractivity contribution < 1.29 is 9.53 Å². The molecule has 0 fully saturated rings. The first-order chi connectivity index (χ1) is 12.3. The van der Waals surface area contributed by atoms with Crippen LogP contribution >= 0.6 is 0 Å². The Morgan fingerprint density at radius 2 is 1.88 bits per heavy atom. The monoisotopic (exact) mass is 337 g/mol. The smallest absolute Gasteiger partial charge is 0.308 e. The minimum absolute atomic E-state index is 0.00137. The van der Waals surface area contributed by atoms with E-state index in [4.69, 9.17) is 4.74 Å². The molecular weight excluding hydrogens is 310 g/mol. The number of rotatable bonds is 8. The number of methoxy groups -OCH3 is 1. The third-order valence-corrected chi connectivity index (χ3v) is 5.20. The summed E-state index contributed by atoms with van der Waals surface area (Å²) in [6, 6.07) is 19.0. The van der Waals surface area contributed by atoms with Gasteiger partial charge in [-0.05, 0) is 49.3 Å². The minimum Gasteiger partial charge on any atom is -0.469 e. The number of hydrogen-bond acceptors (Lipinski definition) is 3. The van der Waals surface area contributed by atoms with Crippen LogP contribution in [0, 0.1) is 5.92 Å². The topological polar surface area (TPSA) is 38.3 Å². The van der Waals surface area contributed by atoms with E-state index in [0.29, 0.717) is 5.92 Å². The first-order valence-corrected chi connectivity index (χ1v) is 9.22. The Morgan fingerprint density at radius 1 is 1.12 bits per heavy atom.